The first-order valence-electron chi connectivity index (χ1n) is 6.02. The molecule has 0 radical (unpaired) electrons. The van der Waals surface area contributed by atoms with Crippen molar-refractivity contribution in [3.8, 4) is 0 Å². The standard InChI is InChI=1S/C13H20N2O/c14-6-2-4-12-3-1-5-13(11-12)15-7-9-16-10-8-15/h1,3,5,11H,2,4,6-10,14H2. The summed E-state index contributed by atoms with van der Waals surface area (Å²) in [4.78, 5) is 2.38. The highest BCUT2D eigenvalue weighted by atomic mass is 16.5. The van der Waals surface area contributed by atoms with E-state index in [9.17, 15) is 0 Å². The molecular formula is C13H20N2O. The summed E-state index contributed by atoms with van der Waals surface area (Å²) < 4.78 is 5.36. The normalized spacial score (nSPS) is 16.4. The third-order valence-electron chi connectivity index (χ3n) is 2.96. The summed E-state index contributed by atoms with van der Waals surface area (Å²) in [7, 11) is 0. The topological polar surface area (TPSA) is 38.5 Å². The van der Waals surface area contributed by atoms with Crippen molar-refractivity contribution < 1.29 is 4.74 Å². The van der Waals surface area contributed by atoms with Crippen LogP contribution in [0.2, 0.25) is 0 Å². The van der Waals surface area contributed by atoms with E-state index in [1.165, 1.54) is 11.3 Å². The fourth-order valence-corrected chi connectivity index (χ4v) is 2.04. The molecule has 3 nitrogen and oxygen atoms in total. The van der Waals surface area contributed by atoms with Crippen LogP contribution in [0.5, 0.6) is 0 Å². The summed E-state index contributed by atoms with van der Waals surface area (Å²) in [6.07, 6.45) is 2.14. The van der Waals surface area contributed by atoms with E-state index in [-0.39, 0.29) is 0 Å². The van der Waals surface area contributed by atoms with Crippen LogP contribution in [0.1, 0.15) is 12.0 Å². The maximum absolute atomic E-state index is 5.53. The summed E-state index contributed by atoms with van der Waals surface area (Å²) in [5.41, 5.74) is 8.23. The fourth-order valence-electron chi connectivity index (χ4n) is 2.04. The van der Waals surface area contributed by atoms with Crippen LogP contribution in [0.4, 0.5) is 5.69 Å². The lowest BCUT2D eigenvalue weighted by Gasteiger charge is -2.29. The van der Waals surface area contributed by atoms with Crippen LogP contribution >= 0.6 is 0 Å². The van der Waals surface area contributed by atoms with Crippen molar-refractivity contribution >= 4 is 5.69 Å². The predicted octanol–water partition coefficient (Wildman–Crippen LogP) is 1.41. The summed E-state index contributed by atoms with van der Waals surface area (Å²) in [6.45, 7) is 4.45. The molecule has 1 aliphatic heterocycles. The van der Waals surface area contributed by atoms with Gasteiger partial charge in [0.2, 0.25) is 0 Å². The minimum absolute atomic E-state index is 0.766. The lowest BCUT2D eigenvalue weighted by Crippen LogP contribution is -2.36. The van der Waals surface area contributed by atoms with E-state index in [0.717, 1.165) is 45.7 Å². The Hall–Kier alpha value is -1.06. The molecule has 1 aliphatic rings. The van der Waals surface area contributed by atoms with Crippen molar-refractivity contribution in [3.63, 3.8) is 0 Å². The SMILES string of the molecule is NCCCc1cccc(N2CCOCC2)c1. The number of morpholine rings is 1. The number of nitrogens with two attached hydrogens (primary N) is 1. The average Bonchev–Trinajstić information content (AvgIpc) is 2.38. The Kier molecular flexibility index (Phi) is 4.19. The monoisotopic (exact) mass is 220 g/mol. The second kappa shape index (κ2) is 5.87. The van der Waals surface area contributed by atoms with Gasteiger partial charge < -0.3 is 15.4 Å². The second-order valence-corrected chi connectivity index (χ2v) is 4.16. The molecule has 0 bridgehead atoms. The molecule has 1 fully saturated rings. The number of hydrogen-bond donors (Lipinski definition) is 1. The van der Waals surface area contributed by atoms with Gasteiger partial charge in [-0.05, 0) is 37.1 Å². The molecule has 2 rings (SSSR count). The van der Waals surface area contributed by atoms with Crippen molar-refractivity contribution in [2.75, 3.05) is 37.7 Å². The number of anilines is 1. The largest absolute Gasteiger partial charge is 0.378 e. The molecule has 0 aliphatic carbocycles. The van der Waals surface area contributed by atoms with Gasteiger partial charge in [0.1, 0.15) is 0 Å². The lowest BCUT2D eigenvalue weighted by molar-refractivity contribution is 0.122. The number of aryl methyl sites for hydroxylation is 1. The van der Waals surface area contributed by atoms with Gasteiger partial charge >= 0.3 is 0 Å². The third kappa shape index (κ3) is 2.97. The van der Waals surface area contributed by atoms with Crippen molar-refractivity contribution in [1.82, 2.24) is 0 Å². The van der Waals surface area contributed by atoms with Crippen LogP contribution in [0, 0.1) is 0 Å². The molecule has 0 unspecified atom stereocenters. The van der Waals surface area contributed by atoms with Gasteiger partial charge in [-0.1, -0.05) is 12.1 Å². The zero-order valence-electron chi connectivity index (χ0n) is 9.69. The van der Waals surface area contributed by atoms with Gasteiger partial charge in [0.15, 0.2) is 0 Å². The molecule has 0 amide bonds. The van der Waals surface area contributed by atoms with E-state index in [0.29, 0.717) is 0 Å². The number of hydrogen-bond acceptors (Lipinski definition) is 3. The van der Waals surface area contributed by atoms with Gasteiger partial charge in [0, 0.05) is 18.8 Å². The molecule has 0 saturated carbocycles. The van der Waals surface area contributed by atoms with E-state index >= 15 is 0 Å². The van der Waals surface area contributed by atoms with Crippen molar-refractivity contribution in [3.05, 3.63) is 29.8 Å². The Bertz CT molecular complexity index is 321. The minimum atomic E-state index is 0.766. The molecule has 88 valence electrons. The molecule has 1 saturated heterocycles. The molecule has 1 aromatic rings. The van der Waals surface area contributed by atoms with Crippen LogP contribution in [0.25, 0.3) is 0 Å². The highest BCUT2D eigenvalue weighted by molar-refractivity contribution is 5.48. The Morgan fingerprint density at radius 1 is 1.25 bits per heavy atom. The molecular weight excluding hydrogens is 200 g/mol. The molecule has 0 atom stereocenters. The summed E-state index contributed by atoms with van der Waals surface area (Å²) in [5.74, 6) is 0. The van der Waals surface area contributed by atoms with Crippen LogP contribution in [0.3, 0.4) is 0 Å². The van der Waals surface area contributed by atoms with Crippen molar-refractivity contribution in [2.45, 2.75) is 12.8 Å². The highest BCUT2D eigenvalue weighted by Gasteiger charge is 2.10. The smallest absolute Gasteiger partial charge is 0.0642 e. The van der Waals surface area contributed by atoms with Gasteiger partial charge in [0.05, 0.1) is 13.2 Å². The summed E-state index contributed by atoms with van der Waals surface area (Å²) in [6, 6.07) is 8.77. The molecule has 0 aromatic heterocycles. The number of benzene rings is 1. The highest BCUT2D eigenvalue weighted by Crippen LogP contribution is 2.18. The van der Waals surface area contributed by atoms with Crippen LogP contribution in [0.15, 0.2) is 24.3 Å². The predicted molar refractivity (Wildman–Crippen MR) is 66.8 cm³/mol. The number of ether oxygens (including phenoxy) is 1. The van der Waals surface area contributed by atoms with E-state index < -0.39 is 0 Å². The summed E-state index contributed by atoms with van der Waals surface area (Å²) in [5, 5.41) is 0. The van der Waals surface area contributed by atoms with E-state index in [2.05, 4.69) is 29.2 Å². The first-order chi connectivity index (χ1) is 7.90. The molecule has 0 spiro atoms. The first-order valence-corrected chi connectivity index (χ1v) is 6.02. The first kappa shape index (κ1) is 11.4. The summed E-state index contributed by atoms with van der Waals surface area (Å²) >= 11 is 0. The van der Waals surface area contributed by atoms with Gasteiger partial charge in [0.25, 0.3) is 0 Å². The van der Waals surface area contributed by atoms with Crippen LogP contribution in [-0.2, 0) is 11.2 Å². The quantitative estimate of drug-likeness (QED) is 0.834. The molecule has 2 N–H and O–H groups in total. The van der Waals surface area contributed by atoms with Gasteiger partial charge in [-0.25, -0.2) is 0 Å². The van der Waals surface area contributed by atoms with E-state index in [1.54, 1.807) is 0 Å². The maximum atomic E-state index is 5.53. The lowest BCUT2D eigenvalue weighted by atomic mass is 10.1. The molecule has 1 heterocycles. The Morgan fingerprint density at radius 3 is 2.81 bits per heavy atom. The van der Waals surface area contributed by atoms with Gasteiger partial charge in [-0.3, -0.25) is 0 Å². The van der Waals surface area contributed by atoms with Crippen molar-refractivity contribution in [2.24, 2.45) is 5.73 Å². The zero-order valence-corrected chi connectivity index (χ0v) is 9.69. The Balaban J connectivity index is 2.02. The minimum Gasteiger partial charge on any atom is -0.378 e. The van der Waals surface area contributed by atoms with Gasteiger partial charge in [-0.2, -0.15) is 0 Å². The maximum Gasteiger partial charge on any atom is 0.0642 e. The molecule has 3 heteroatoms. The Labute approximate surface area is 97.2 Å². The Morgan fingerprint density at radius 2 is 2.06 bits per heavy atom. The fraction of sp³-hybridized carbons (Fsp3) is 0.538. The number of rotatable bonds is 4. The third-order valence-corrected chi connectivity index (χ3v) is 2.96. The van der Waals surface area contributed by atoms with Crippen LogP contribution in [-0.4, -0.2) is 32.8 Å². The molecule has 16 heavy (non-hydrogen) atoms. The second-order valence-electron chi connectivity index (χ2n) is 4.16. The van der Waals surface area contributed by atoms with Crippen molar-refractivity contribution in [1.29, 1.82) is 0 Å². The number of nitrogens with zero attached hydrogens (tertiary/aromatic N) is 1. The van der Waals surface area contributed by atoms with E-state index in [4.69, 9.17) is 10.5 Å². The zero-order chi connectivity index (χ0) is 11.2. The molecule has 1 aromatic carbocycles. The average molecular weight is 220 g/mol. The van der Waals surface area contributed by atoms with E-state index in [1.807, 2.05) is 0 Å². The van der Waals surface area contributed by atoms with Gasteiger partial charge in [-0.15, -0.1) is 0 Å². The van der Waals surface area contributed by atoms with Crippen LogP contribution < -0.4 is 10.6 Å².